The van der Waals surface area contributed by atoms with Crippen LogP contribution in [0.5, 0.6) is 5.75 Å². The van der Waals surface area contributed by atoms with E-state index in [4.69, 9.17) is 27.9 Å². The first-order chi connectivity index (χ1) is 12.9. The van der Waals surface area contributed by atoms with Crippen molar-refractivity contribution in [2.24, 2.45) is 0 Å². The van der Waals surface area contributed by atoms with E-state index in [0.29, 0.717) is 23.0 Å². The van der Waals surface area contributed by atoms with Gasteiger partial charge in [-0.2, -0.15) is 0 Å². The summed E-state index contributed by atoms with van der Waals surface area (Å²) in [7, 11) is 0. The average Bonchev–Trinajstić information content (AvgIpc) is 2.65. The molecular weight excluding hydrogens is 385 g/mol. The maximum absolute atomic E-state index is 10.6. The molecule has 0 radical (unpaired) electrons. The third-order valence-electron chi connectivity index (χ3n) is 5.68. The number of benzene rings is 2. The highest BCUT2D eigenvalue weighted by atomic mass is 35.5. The second-order valence-electron chi connectivity index (χ2n) is 7.56. The van der Waals surface area contributed by atoms with Crippen LogP contribution in [0, 0.1) is 0 Å². The summed E-state index contributed by atoms with van der Waals surface area (Å²) in [6.45, 7) is 2.22. The molecule has 1 fully saturated rings. The Morgan fingerprint density at radius 3 is 2.44 bits per heavy atom. The van der Waals surface area contributed by atoms with Gasteiger partial charge in [-0.05, 0) is 48.7 Å². The maximum Gasteiger partial charge on any atom is 0.126 e. The summed E-state index contributed by atoms with van der Waals surface area (Å²) in [4.78, 5) is 2.25. The van der Waals surface area contributed by atoms with Gasteiger partial charge in [0, 0.05) is 41.7 Å². The molecule has 27 heavy (non-hydrogen) atoms. The number of likely N-dealkylation sites (tertiary alicyclic amines) is 1. The molecule has 2 aromatic carbocycles. The van der Waals surface area contributed by atoms with Crippen LogP contribution in [-0.4, -0.2) is 40.3 Å². The van der Waals surface area contributed by atoms with E-state index in [1.165, 1.54) is 0 Å². The first kappa shape index (κ1) is 19.0. The van der Waals surface area contributed by atoms with E-state index in [9.17, 15) is 10.2 Å². The number of aliphatic hydroxyl groups excluding tert-OH is 2. The molecule has 2 atom stereocenters. The molecule has 1 saturated heterocycles. The minimum Gasteiger partial charge on any atom is -0.487 e. The topological polar surface area (TPSA) is 52.9 Å². The van der Waals surface area contributed by atoms with Crippen LogP contribution in [0.25, 0.3) is 0 Å². The van der Waals surface area contributed by atoms with Crippen molar-refractivity contribution < 1.29 is 14.9 Å². The van der Waals surface area contributed by atoms with E-state index in [0.717, 1.165) is 42.8 Å². The fourth-order valence-corrected chi connectivity index (χ4v) is 4.40. The van der Waals surface area contributed by atoms with Gasteiger partial charge in [0.25, 0.3) is 0 Å². The summed E-state index contributed by atoms with van der Waals surface area (Å²) in [5.41, 5.74) is 1.30. The normalized spacial score (nSPS) is 22.9. The van der Waals surface area contributed by atoms with E-state index < -0.39 is 12.2 Å². The van der Waals surface area contributed by atoms with Gasteiger partial charge in [0.15, 0.2) is 0 Å². The van der Waals surface area contributed by atoms with Crippen molar-refractivity contribution in [3.8, 4) is 5.75 Å². The van der Waals surface area contributed by atoms with Crippen molar-refractivity contribution in [1.29, 1.82) is 0 Å². The van der Waals surface area contributed by atoms with Crippen molar-refractivity contribution in [3.63, 3.8) is 0 Å². The Labute approximate surface area is 169 Å². The molecule has 1 spiro atoms. The Balaban J connectivity index is 1.39. The van der Waals surface area contributed by atoms with Crippen LogP contribution in [0.1, 0.15) is 42.6 Å². The summed E-state index contributed by atoms with van der Waals surface area (Å²) in [5, 5.41) is 22.4. The van der Waals surface area contributed by atoms with Crippen molar-refractivity contribution in [3.05, 3.63) is 63.6 Å². The van der Waals surface area contributed by atoms with Crippen LogP contribution in [0.15, 0.2) is 42.5 Å². The van der Waals surface area contributed by atoms with Crippen LogP contribution in [-0.2, 0) is 0 Å². The third-order valence-corrected chi connectivity index (χ3v) is 6.16. The maximum atomic E-state index is 10.6. The number of nitrogens with zero attached hydrogens (tertiary/aromatic N) is 1. The van der Waals surface area contributed by atoms with E-state index >= 15 is 0 Å². The molecule has 4 rings (SSSR count). The molecule has 2 aliphatic heterocycles. The van der Waals surface area contributed by atoms with Crippen LogP contribution in [0.4, 0.5) is 0 Å². The SMILES string of the molecule is O[C@H](CN1CCC2(CC1)C[C@@H](O)c1cc(Cl)ccc1O2)c1ccc(Cl)cc1. The van der Waals surface area contributed by atoms with Gasteiger partial charge in [-0.25, -0.2) is 0 Å². The van der Waals surface area contributed by atoms with Crippen molar-refractivity contribution in [2.75, 3.05) is 19.6 Å². The van der Waals surface area contributed by atoms with Gasteiger partial charge in [0.1, 0.15) is 11.4 Å². The standard InChI is InChI=1S/C21H23Cl2NO3/c22-15-3-1-14(2-4-15)19(26)13-24-9-7-21(8-10-24)12-18(25)17-11-16(23)5-6-20(17)27-21/h1-6,11,18-19,25-26H,7-10,12-13H2/t18-,19-/m1/s1. The zero-order valence-electron chi connectivity index (χ0n) is 14.9. The van der Waals surface area contributed by atoms with Crippen LogP contribution in [0.3, 0.4) is 0 Å². The summed E-state index contributed by atoms with van der Waals surface area (Å²) >= 11 is 12.0. The molecule has 0 amide bonds. The second-order valence-corrected chi connectivity index (χ2v) is 8.43. The monoisotopic (exact) mass is 407 g/mol. The number of rotatable bonds is 3. The molecule has 2 aliphatic rings. The van der Waals surface area contributed by atoms with Crippen molar-refractivity contribution in [2.45, 2.75) is 37.1 Å². The Hall–Kier alpha value is -1.30. The molecule has 2 aromatic rings. The van der Waals surface area contributed by atoms with Gasteiger partial charge in [0.05, 0.1) is 12.2 Å². The Morgan fingerprint density at radius 1 is 1.07 bits per heavy atom. The van der Waals surface area contributed by atoms with E-state index in [-0.39, 0.29) is 5.60 Å². The first-order valence-corrected chi connectivity index (χ1v) is 10.0. The summed E-state index contributed by atoms with van der Waals surface area (Å²) in [6.07, 6.45) is 1.11. The highest BCUT2D eigenvalue weighted by Gasteiger charge is 2.43. The second kappa shape index (κ2) is 7.61. The number of hydrogen-bond acceptors (Lipinski definition) is 4. The van der Waals surface area contributed by atoms with Gasteiger partial charge in [-0.3, -0.25) is 0 Å². The minimum atomic E-state index is -0.557. The van der Waals surface area contributed by atoms with E-state index in [2.05, 4.69) is 4.90 Å². The Morgan fingerprint density at radius 2 is 1.74 bits per heavy atom. The predicted octanol–water partition coefficient (Wildman–Crippen LogP) is 4.38. The quantitative estimate of drug-likeness (QED) is 0.792. The fourth-order valence-electron chi connectivity index (χ4n) is 4.09. The van der Waals surface area contributed by atoms with Crippen molar-refractivity contribution in [1.82, 2.24) is 4.90 Å². The van der Waals surface area contributed by atoms with Crippen LogP contribution in [0.2, 0.25) is 10.0 Å². The molecule has 0 aliphatic carbocycles. The lowest BCUT2D eigenvalue weighted by molar-refractivity contribution is -0.0587. The molecule has 2 heterocycles. The highest BCUT2D eigenvalue weighted by molar-refractivity contribution is 6.30. The average molecular weight is 408 g/mol. The Bertz CT molecular complexity index is 804. The summed E-state index contributed by atoms with van der Waals surface area (Å²) < 4.78 is 6.31. The van der Waals surface area contributed by atoms with Gasteiger partial charge in [-0.15, -0.1) is 0 Å². The molecule has 6 heteroatoms. The molecule has 0 saturated carbocycles. The molecule has 0 aromatic heterocycles. The third kappa shape index (κ3) is 4.10. The number of aliphatic hydroxyl groups is 2. The Kier molecular flexibility index (Phi) is 5.36. The smallest absolute Gasteiger partial charge is 0.126 e. The molecule has 2 N–H and O–H groups in total. The van der Waals surface area contributed by atoms with Gasteiger partial charge >= 0.3 is 0 Å². The number of ether oxygens (including phenoxy) is 1. The van der Waals surface area contributed by atoms with Crippen molar-refractivity contribution >= 4 is 23.2 Å². The molecule has 0 unspecified atom stereocenters. The lowest BCUT2D eigenvalue weighted by atomic mass is 9.81. The summed E-state index contributed by atoms with van der Waals surface area (Å²) in [5.74, 6) is 0.729. The van der Waals surface area contributed by atoms with Gasteiger partial charge in [-0.1, -0.05) is 35.3 Å². The van der Waals surface area contributed by atoms with E-state index in [1.807, 2.05) is 18.2 Å². The zero-order chi connectivity index (χ0) is 19.0. The van der Waals surface area contributed by atoms with Gasteiger partial charge < -0.3 is 19.8 Å². The van der Waals surface area contributed by atoms with E-state index in [1.54, 1.807) is 24.3 Å². The zero-order valence-corrected chi connectivity index (χ0v) is 16.5. The number of halogens is 2. The number of fused-ring (bicyclic) bond motifs is 1. The summed E-state index contributed by atoms with van der Waals surface area (Å²) in [6, 6.07) is 12.7. The molecule has 4 nitrogen and oxygen atoms in total. The molecule has 144 valence electrons. The lowest BCUT2D eigenvalue weighted by Gasteiger charge is -2.46. The highest BCUT2D eigenvalue weighted by Crippen LogP contribution is 2.45. The first-order valence-electron chi connectivity index (χ1n) is 9.27. The molecule has 0 bridgehead atoms. The van der Waals surface area contributed by atoms with Crippen LogP contribution < -0.4 is 4.74 Å². The number of β-amino-alcohol motifs (C(OH)–C–C–N with tert-alkyl or cyclic N) is 1. The largest absolute Gasteiger partial charge is 0.487 e. The predicted molar refractivity (Wildman–Crippen MR) is 106 cm³/mol. The van der Waals surface area contributed by atoms with Crippen LogP contribution >= 0.6 is 23.2 Å². The number of hydrogen-bond donors (Lipinski definition) is 2. The fraction of sp³-hybridized carbons (Fsp3) is 0.429. The lowest BCUT2D eigenvalue weighted by Crippen LogP contribution is -2.51. The van der Waals surface area contributed by atoms with Gasteiger partial charge in [0.2, 0.25) is 0 Å². The molecular formula is C21H23Cl2NO3. The minimum absolute atomic E-state index is 0.345. The number of piperidine rings is 1.